The van der Waals surface area contributed by atoms with Crippen LogP contribution in [0, 0.1) is 5.92 Å². The third kappa shape index (κ3) is 6.52. The highest BCUT2D eigenvalue weighted by Crippen LogP contribution is 2.15. The second kappa shape index (κ2) is 10.3. The van der Waals surface area contributed by atoms with E-state index in [0.29, 0.717) is 0 Å². The van der Waals surface area contributed by atoms with Crippen LogP contribution in [0.15, 0.2) is 35.3 Å². The first kappa shape index (κ1) is 18.8. The van der Waals surface area contributed by atoms with Crippen molar-refractivity contribution >= 4 is 5.96 Å². The number of nitrogens with one attached hydrogen (secondary N) is 1. The second-order valence-electron chi connectivity index (χ2n) is 7.07. The molecule has 0 saturated carbocycles. The van der Waals surface area contributed by atoms with Gasteiger partial charge >= 0.3 is 0 Å². The molecule has 0 spiro atoms. The van der Waals surface area contributed by atoms with E-state index in [1.54, 1.807) is 0 Å². The number of unbranched alkanes of at least 4 members (excludes halogenated alkanes) is 1. The molecule has 4 heteroatoms. The molecule has 1 unspecified atom stereocenters. The molecule has 134 valence electrons. The Kier molecular flexibility index (Phi) is 8.10. The van der Waals surface area contributed by atoms with Crippen molar-refractivity contribution in [3.05, 3.63) is 35.9 Å². The molecule has 1 N–H and O–H groups in total. The molecule has 0 amide bonds. The van der Waals surface area contributed by atoms with Gasteiger partial charge in [-0.05, 0) is 50.3 Å². The lowest BCUT2D eigenvalue weighted by molar-refractivity contribution is 0.181. The van der Waals surface area contributed by atoms with E-state index in [1.165, 1.54) is 50.9 Å². The number of rotatable bonds is 7. The first-order valence-corrected chi connectivity index (χ1v) is 9.37. The molecule has 1 aromatic carbocycles. The van der Waals surface area contributed by atoms with Crippen LogP contribution in [0.3, 0.4) is 0 Å². The van der Waals surface area contributed by atoms with Gasteiger partial charge in [0.1, 0.15) is 0 Å². The Morgan fingerprint density at radius 1 is 1.29 bits per heavy atom. The highest BCUT2D eigenvalue weighted by molar-refractivity contribution is 5.79. The summed E-state index contributed by atoms with van der Waals surface area (Å²) < 4.78 is 0. The van der Waals surface area contributed by atoms with Gasteiger partial charge in [0, 0.05) is 33.7 Å². The Balaban J connectivity index is 1.62. The van der Waals surface area contributed by atoms with Gasteiger partial charge in [0.05, 0.1) is 0 Å². The standard InChI is InChI=1S/C20H34N4/c1-18-10-9-15-24(16-18)14-8-7-13-22-20(21-2)23(3)17-19-11-5-4-6-12-19/h4-6,11-12,18H,7-10,13-17H2,1-3H3,(H,21,22). The predicted octanol–water partition coefficient (Wildman–Crippen LogP) is 3.21. The summed E-state index contributed by atoms with van der Waals surface area (Å²) in [5.41, 5.74) is 1.31. The van der Waals surface area contributed by atoms with Gasteiger partial charge in [-0.2, -0.15) is 0 Å². The van der Waals surface area contributed by atoms with Crippen LogP contribution in [0.4, 0.5) is 0 Å². The van der Waals surface area contributed by atoms with Gasteiger partial charge in [-0.25, -0.2) is 0 Å². The third-order valence-electron chi connectivity index (χ3n) is 4.76. The average Bonchev–Trinajstić information content (AvgIpc) is 2.59. The fourth-order valence-corrected chi connectivity index (χ4v) is 3.47. The summed E-state index contributed by atoms with van der Waals surface area (Å²) >= 11 is 0. The van der Waals surface area contributed by atoms with Crippen molar-refractivity contribution < 1.29 is 0 Å². The zero-order valence-electron chi connectivity index (χ0n) is 15.7. The largest absolute Gasteiger partial charge is 0.356 e. The normalized spacial score (nSPS) is 19.3. The van der Waals surface area contributed by atoms with Crippen molar-refractivity contribution in [1.29, 1.82) is 0 Å². The molecule has 1 fully saturated rings. The van der Waals surface area contributed by atoms with Crippen LogP contribution in [0.2, 0.25) is 0 Å². The average molecular weight is 331 g/mol. The first-order chi connectivity index (χ1) is 11.7. The molecule has 1 heterocycles. The third-order valence-corrected chi connectivity index (χ3v) is 4.76. The van der Waals surface area contributed by atoms with Crippen molar-refractivity contribution in [3.63, 3.8) is 0 Å². The van der Waals surface area contributed by atoms with Gasteiger partial charge in [0.2, 0.25) is 0 Å². The van der Waals surface area contributed by atoms with Crippen LogP contribution >= 0.6 is 0 Å². The Morgan fingerprint density at radius 3 is 2.79 bits per heavy atom. The van der Waals surface area contributed by atoms with E-state index >= 15 is 0 Å². The summed E-state index contributed by atoms with van der Waals surface area (Å²) in [5.74, 6) is 1.85. The van der Waals surface area contributed by atoms with E-state index in [-0.39, 0.29) is 0 Å². The molecule has 4 nitrogen and oxygen atoms in total. The molecule has 24 heavy (non-hydrogen) atoms. The quantitative estimate of drug-likeness (QED) is 0.473. The summed E-state index contributed by atoms with van der Waals surface area (Å²) in [5, 5.41) is 3.49. The summed E-state index contributed by atoms with van der Waals surface area (Å²) in [7, 11) is 3.95. The second-order valence-corrected chi connectivity index (χ2v) is 7.07. The molecular formula is C20H34N4. The maximum Gasteiger partial charge on any atom is 0.193 e. The van der Waals surface area contributed by atoms with Crippen LogP contribution in [-0.4, -0.2) is 56.0 Å². The van der Waals surface area contributed by atoms with E-state index in [1.807, 2.05) is 7.05 Å². The fourth-order valence-electron chi connectivity index (χ4n) is 3.47. The van der Waals surface area contributed by atoms with Crippen LogP contribution in [0.25, 0.3) is 0 Å². The topological polar surface area (TPSA) is 30.9 Å². The van der Waals surface area contributed by atoms with Gasteiger partial charge < -0.3 is 15.1 Å². The van der Waals surface area contributed by atoms with E-state index in [4.69, 9.17) is 0 Å². The lowest BCUT2D eigenvalue weighted by Crippen LogP contribution is -2.39. The van der Waals surface area contributed by atoms with E-state index in [0.717, 1.165) is 25.0 Å². The summed E-state index contributed by atoms with van der Waals surface area (Å²) in [6.07, 6.45) is 5.24. The molecule has 1 saturated heterocycles. The van der Waals surface area contributed by atoms with Crippen molar-refractivity contribution in [3.8, 4) is 0 Å². The van der Waals surface area contributed by atoms with Crippen molar-refractivity contribution in [1.82, 2.24) is 15.1 Å². The number of likely N-dealkylation sites (tertiary alicyclic amines) is 1. The summed E-state index contributed by atoms with van der Waals surface area (Å²) in [6, 6.07) is 10.5. The number of hydrogen-bond acceptors (Lipinski definition) is 2. The minimum absolute atomic E-state index is 0.877. The molecule has 1 atom stereocenters. The Hall–Kier alpha value is -1.55. The molecule has 1 aromatic rings. The van der Waals surface area contributed by atoms with Crippen LogP contribution in [0.5, 0.6) is 0 Å². The molecule has 2 rings (SSSR count). The molecule has 0 aliphatic carbocycles. The monoisotopic (exact) mass is 330 g/mol. The Morgan fingerprint density at radius 2 is 2.08 bits per heavy atom. The molecule has 0 radical (unpaired) electrons. The maximum atomic E-state index is 4.40. The minimum Gasteiger partial charge on any atom is -0.356 e. The van der Waals surface area contributed by atoms with Gasteiger partial charge in [-0.15, -0.1) is 0 Å². The van der Waals surface area contributed by atoms with Crippen molar-refractivity contribution in [2.24, 2.45) is 10.9 Å². The Labute approximate surface area is 147 Å². The van der Waals surface area contributed by atoms with Gasteiger partial charge in [-0.1, -0.05) is 37.3 Å². The summed E-state index contributed by atoms with van der Waals surface area (Å²) in [4.78, 5) is 9.21. The lowest BCUT2D eigenvalue weighted by Gasteiger charge is -2.30. The van der Waals surface area contributed by atoms with E-state index in [9.17, 15) is 0 Å². The molecular weight excluding hydrogens is 296 g/mol. The molecule has 0 bridgehead atoms. The van der Waals surface area contributed by atoms with Gasteiger partial charge in [-0.3, -0.25) is 4.99 Å². The van der Waals surface area contributed by atoms with E-state index < -0.39 is 0 Å². The fraction of sp³-hybridized carbons (Fsp3) is 0.650. The smallest absolute Gasteiger partial charge is 0.193 e. The minimum atomic E-state index is 0.877. The van der Waals surface area contributed by atoms with Crippen LogP contribution in [0.1, 0.15) is 38.2 Å². The highest BCUT2D eigenvalue weighted by Gasteiger charge is 2.15. The number of hydrogen-bond donors (Lipinski definition) is 1. The number of benzene rings is 1. The zero-order chi connectivity index (χ0) is 17.2. The number of aliphatic imine (C=N–C) groups is 1. The number of nitrogens with zero attached hydrogens (tertiary/aromatic N) is 3. The van der Waals surface area contributed by atoms with Crippen molar-refractivity contribution in [2.45, 2.75) is 39.2 Å². The van der Waals surface area contributed by atoms with Crippen LogP contribution in [-0.2, 0) is 6.54 Å². The first-order valence-electron chi connectivity index (χ1n) is 9.37. The van der Waals surface area contributed by atoms with Gasteiger partial charge in [0.15, 0.2) is 5.96 Å². The summed E-state index contributed by atoms with van der Waals surface area (Å²) in [6.45, 7) is 8.07. The highest BCUT2D eigenvalue weighted by atomic mass is 15.3. The predicted molar refractivity (Wildman–Crippen MR) is 103 cm³/mol. The Bertz CT molecular complexity index is 486. The zero-order valence-corrected chi connectivity index (χ0v) is 15.7. The lowest BCUT2D eigenvalue weighted by atomic mass is 10.0. The maximum absolute atomic E-state index is 4.40. The molecule has 1 aliphatic rings. The SMILES string of the molecule is CN=C(NCCCCN1CCCC(C)C1)N(C)Cc1ccccc1. The molecule has 1 aliphatic heterocycles. The number of guanidine groups is 1. The van der Waals surface area contributed by atoms with Crippen LogP contribution < -0.4 is 5.32 Å². The van der Waals surface area contributed by atoms with Crippen molar-refractivity contribution in [2.75, 3.05) is 40.3 Å². The number of piperidine rings is 1. The van der Waals surface area contributed by atoms with E-state index in [2.05, 4.69) is 64.4 Å². The molecule has 0 aromatic heterocycles. The van der Waals surface area contributed by atoms with Gasteiger partial charge in [0.25, 0.3) is 0 Å².